The number of carbonyl (C=O) groups is 2. The highest BCUT2D eigenvalue weighted by Gasteiger charge is 2.08. The second-order valence-corrected chi connectivity index (χ2v) is 4.27. The zero-order chi connectivity index (χ0) is 15.0. The van der Waals surface area contributed by atoms with E-state index < -0.39 is 5.97 Å². The lowest BCUT2D eigenvalue weighted by Crippen LogP contribution is -2.30. The molecule has 2 amide bonds. The topological polar surface area (TPSA) is 87.7 Å². The van der Waals surface area contributed by atoms with E-state index in [2.05, 4.69) is 10.6 Å². The van der Waals surface area contributed by atoms with Gasteiger partial charge >= 0.3 is 12.0 Å². The van der Waals surface area contributed by atoms with Gasteiger partial charge < -0.3 is 20.5 Å². The van der Waals surface area contributed by atoms with Gasteiger partial charge in [0.25, 0.3) is 0 Å². The summed E-state index contributed by atoms with van der Waals surface area (Å²) in [4.78, 5) is 22.5. The number of hydrogen-bond donors (Lipinski definition) is 3. The molecule has 0 saturated heterocycles. The van der Waals surface area contributed by atoms with Gasteiger partial charge in [-0.1, -0.05) is 0 Å². The van der Waals surface area contributed by atoms with E-state index >= 15 is 0 Å². The van der Waals surface area contributed by atoms with Crippen molar-refractivity contribution >= 4 is 17.7 Å². The number of ether oxygens (including phenoxy) is 1. The first-order valence-corrected chi connectivity index (χ1v) is 6.51. The van der Waals surface area contributed by atoms with Crippen LogP contribution in [0.15, 0.2) is 18.2 Å². The van der Waals surface area contributed by atoms with E-state index in [9.17, 15) is 9.59 Å². The third-order valence-electron chi connectivity index (χ3n) is 2.67. The molecule has 6 heteroatoms. The number of aromatic carboxylic acids is 1. The van der Waals surface area contributed by atoms with Gasteiger partial charge in [-0.25, -0.2) is 9.59 Å². The highest BCUT2D eigenvalue weighted by molar-refractivity contribution is 5.92. The van der Waals surface area contributed by atoms with Crippen molar-refractivity contribution in [2.45, 2.75) is 20.3 Å². The highest BCUT2D eigenvalue weighted by atomic mass is 16.5. The van der Waals surface area contributed by atoms with Crippen molar-refractivity contribution < 1.29 is 19.4 Å². The molecule has 0 atom stereocenters. The van der Waals surface area contributed by atoms with Gasteiger partial charge in [0.1, 0.15) is 0 Å². The van der Waals surface area contributed by atoms with E-state index in [1.54, 1.807) is 19.1 Å². The van der Waals surface area contributed by atoms with Gasteiger partial charge in [-0.15, -0.1) is 0 Å². The Hall–Kier alpha value is -2.08. The monoisotopic (exact) mass is 280 g/mol. The summed E-state index contributed by atoms with van der Waals surface area (Å²) in [6.07, 6.45) is 0.748. The summed E-state index contributed by atoms with van der Waals surface area (Å²) in [7, 11) is 0. The molecular weight excluding hydrogens is 260 g/mol. The summed E-state index contributed by atoms with van der Waals surface area (Å²) in [5.41, 5.74) is 1.40. The van der Waals surface area contributed by atoms with Crippen LogP contribution >= 0.6 is 0 Å². The van der Waals surface area contributed by atoms with Gasteiger partial charge in [0.15, 0.2) is 0 Å². The summed E-state index contributed by atoms with van der Waals surface area (Å²) in [6.45, 7) is 5.42. The molecule has 0 heterocycles. The summed E-state index contributed by atoms with van der Waals surface area (Å²) in [5.74, 6) is -0.977. The van der Waals surface area contributed by atoms with E-state index in [0.717, 1.165) is 6.42 Å². The van der Waals surface area contributed by atoms with Crippen LogP contribution in [0.3, 0.4) is 0 Å². The molecule has 0 fully saturated rings. The molecule has 0 saturated carbocycles. The molecule has 0 bridgehead atoms. The smallest absolute Gasteiger partial charge is 0.335 e. The maximum atomic E-state index is 11.6. The number of aryl methyl sites for hydroxylation is 1. The molecule has 1 aromatic rings. The van der Waals surface area contributed by atoms with E-state index in [4.69, 9.17) is 9.84 Å². The molecule has 3 N–H and O–H groups in total. The summed E-state index contributed by atoms with van der Waals surface area (Å²) < 4.78 is 5.16. The molecule has 1 aromatic carbocycles. The largest absolute Gasteiger partial charge is 0.478 e. The number of hydrogen-bond acceptors (Lipinski definition) is 3. The fraction of sp³-hybridized carbons (Fsp3) is 0.429. The number of carbonyl (C=O) groups excluding carboxylic acids is 1. The van der Waals surface area contributed by atoms with Gasteiger partial charge in [-0.05, 0) is 44.0 Å². The van der Waals surface area contributed by atoms with Crippen LogP contribution in [0.25, 0.3) is 0 Å². The Kier molecular flexibility index (Phi) is 6.52. The van der Waals surface area contributed by atoms with Crippen LogP contribution in [-0.2, 0) is 4.74 Å². The van der Waals surface area contributed by atoms with Crippen LogP contribution in [0.1, 0.15) is 29.3 Å². The molecule has 20 heavy (non-hydrogen) atoms. The third kappa shape index (κ3) is 5.27. The number of carboxylic acids is 1. The minimum Gasteiger partial charge on any atom is -0.478 e. The Bertz CT molecular complexity index is 474. The van der Waals surface area contributed by atoms with Gasteiger partial charge in [0.2, 0.25) is 0 Å². The Balaban J connectivity index is 2.42. The van der Waals surface area contributed by atoms with Crippen molar-refractivity contribution in [3.8, 4) is 0 Å². The molecule has 110 valence electrons. The molecule has 6 nitrogen and oxygen atoms in total. The fourth-order valence-corrected chi connectivity index (χ4v) is 1.68. The molecule has 0 aliphatic rings. The zero-order valence-electron chi connectivity index (χ0n) is 11.7. The van der Waals surface area contributed by atoms with E-state index in [1.807, 2.05) is 6.92 Å². The van der Waals surface area contributed by atoms with Crippen molar-refractivity contribution in [2.75, 3.05) is 25.1 Å². The van der Waals surface area contributed by atoms with Crippen molar-refractivity contribution in [1.82, 2.24) is 5.32 Å². The Labute approximate surface area is 118 Å². The SMILES string of the molecule is CCOCCCNC(=O)Nc1ccc(C(=O)O)c(C)c1. The van der Waals surface area contributed by atoms with Crippen molar-refractivity contribution in [1.29, 1.82) is 0 Å². The first-order chi connectivity index (χ1) is 9.54. The molecule has 0 radical (unpaired) electrons. The summed E-state index contributed by atoms with van der Waals surface area (Å²) >= 11 is 0. The lowest BCUT2D eigenvalue weighted by molar-refractivity contribution is 0.0696. The Morgan fingerprint density at radius 3 is 2.70 bits per heavy atom. The maximum absolute atomic E-state index is 11.6. The van der Waals surface area contributed by atoms with Crippen molar-refractivity contribution in [3.63, 3.8) is 0 Å². The van der Waals surface area contributed by atoms with Gasteiger partial charge in [-0.3, -0.25) is 0 Å². The van der Waals surface area contributed by atoms with E-state index in [0.29, 0.717) is 31.0 Å². The molecule has 1 rings (SSSR count). The van der Waals surface area contributed by atoms with Gasteiger partial charge in [-0.2, -0.15) is 0 Å². The quantitative estimate of drug-likeness (QED) is 0.668. The van der Waals surface area contributed by atoms with Crippen LogP contribution in [0.4, 0.5) is 10.5 Å². The molecule has 0 aliphatic carbocycles. The van der Waals surface area contributed by atoms with E-state index in [-0.39, 0.29) is 11.6 Å². The lowest BCUT2D eigenvalue weighted by atomic mass is 10.1. The minimum atomic E-state index is -0.977. The zero-order valence-corrected chi connectivity index (χ0v) is 11.7. The number of rotatable bonds is 7. The number of nitrogens with one attached hydrogen (secondary N) is 2. The van der Waals surface area contributed by atoms with Gasteiger partial charge in [0.05, 0.1) is 5.56 Å². The molecular formula is C14H20N2O4. The van der Waals surface area contributed by atoms with Crippen LogP contribution in [0, 0.1) is 6.92 Å². The Morgan fingerprint density at radius 1 is 1.35 bits per heavy atom. The van der Waals surface area contributed by atoms with Crippen LogP contribution in [0.5, 0.6) is 0 Å². The lowest BCUT2D eigenvalue weighted by Gasteiger charge is -2.09. The van der Waals surface area contributed by atoms with Gasteiger partial charge in [0, 0.05) is 25.4 Å². The Morgan fingerprint density at radius 2 is 2.10 bits per heavy atom. The van der Waals surface area contributed by atoms with Crippen LogP contribution < -0.4 is 10.6 Å². The minimum absolute atomic E-state index is 0.229. The predicted octanol–water partition coefficient (Wildman–Crippen LogP) is 2.24. The normalized spacial score (nSPS) is 10.1. The summed E-state index contributed by atoms with van der Waals surface area (Å²) in [5, 5.41) is 14.3. The molecule has 0 aliphatic heterocycles. The number of benzene rings is 1. The first kappa shape index (κ1) is 16.0. The fourth-order valence-electron chi connectivity index (χ4n) is 1.68. The molecule has 0 unspecified atom stereocenters. The number of anilines is 1. The van der Waals surface area contributed by atoms with Crippen LogP contribution in [0.2, 0.25) is 0 Å². The highest BCUT2D eigenvalue weighted by Crippen LogP contribution is 2.15. The maximum Gasteiger partial charge on any atom is 0.335 e. The second-order valence-electron chi connectivity index (χ2n) is 4.27. The standard InChI is InChI=1S/C14H20N2O4/c1-3-20-8-4-7-15-14(19)16-11-5-6-12(13(17)18)10(2)9-11/h5-6,9H,3-4,7-8H2,1-2H3,(H,17,18)(H2,15,16,19). The average molecular weight is 280 g/mol. The number of urea groups is 1. The average Bonchev–Trinajstić information content (AvgIpc) is 2.38. The first-order valence-electron chi connectivity index (χ1n) is 6.51. The van der Waals surface area contributed by atoms with E-state index in [1.165, 1.54) is 6.07 Å². The van der Waals surface area contributed by atoms with Crippen molar-refractivity contribution in [2.24, 2.45) is 0 Å². The van der Waals surface area contributed by atoms with Crippen LogP contribution in [-0.4, -0.2) is 36.9 Å². The molecule has 0 spiro atoms. The summed E-state index contributed by atoms with van der Waals surface area (Å²) in [6, 6.07) is 4.35. The van der Waals surface area contributed by atoms with Crippen molar-refractivity contribution in [3.05, 3.63) is 29.3 Å². The third-order valence-corrected chi connectivity index (χ3v) is 2.67. The second kappa shape index (κ2) is 8.16. The number of amides is 2. The molecule has 0 aromatic heterocycles. The predicted molar refractivity (Wildman–Crippen MR) is 76.3 cm³/mol. The number of carboxylic acid groups (broad SMARTS) is 1.